The molecule has 20 nitrogen and oxygen atoms in total. The maximum absolute atomic E-state index is 12.9. The Morgan fingerprint density at radius 3 is 2.16 bits per heavy atom. The topological polar surface area (TPSA) is 284 Å². The number of hydrogen-bond acceptors (Lipinski definition) is 17. The van der Waals surface area contributed by atoms with E-state index >= 15 is 0 Å². The number of nitrogens with two attached hydrogens (primary N) is 3. The van der Waals surface area contributed by atoms with E-state index in [2.05, 4.69) is 32.5 Å². The van der Waals surface area contributed by atoms with Crippen molar-refractivity contribution in [3.63, 3.8) is 0 Å². The van der Waals surface area contributed by atoms with Gasteiger partial charge in [0.15, 0.2) is 6.29 Å². The summed E-state index contributed by atoms with van der Waals surface area (Å²) in [4.78, 5) is 47.1. The average Bonchev–Trinajstić information content (AvgIpc) is 3.30. The standard InChI is InChI=1S/C43H62N10O10/c1-2-52(45)14-18-61-19-15-53(46)28-35(44)27-51-43(58)33-9-12-48-39(23-33)38-22-32(8-11-47-38)42(57)49-13-17-60-21-20-59-16-10-40(56)50-26-34(31-6-4-3-5-7-31)30-62-41-25-36(55)24-37(29-54)63-41/h2-9,11-12,22-23,28,34,36-37,41,54-55H,1,10,13-21,24-27,29-30,44-46H2,(H,49,57)(H,50,56)(H,51,58)/b35-28-. The van der Waals surface area contributed by atoms with E-state index in [1.54, 1.807) is 24.3 Å². The van der Waals surface area contributed by atoms with Crippen LogP contribution in [0.5, 0.6) is 0 Å². The number of hydrazine groups is 2. The van der Waals surface area contributed by atoms with Crippen LogP contribution in [0.3, 0.4) is 0 Å². The summed E-state index contributed by atoms with van der Waals surface area (Å²) < 4.78 is 28.3. The lowest BCUT2D eigenvalue weighted by atomic mass is 9.99. The number of hydrogen-bond donors (Lipinski definition) is 8. The molecule has 4 atom stereocenters. The largest absolute Gasteiger partial charge is 0.399 e. The van der Waals surface area contributed by atoms with Crippen molar-refractivity contribution >= 4 is 17.7 Å². The summed E-state index contributed by atoms with van der Waals surface area (Å²) in [6.45, 7) is 6.83. The summed E-state index contributed by atoms with van der Waals surface area (Å²) in [5.74, 6) is 10.5. The van der Waals surface area contributed by atoms with Crippen molar-refractivity contribution in [3.8, 4) is 11.4 Å². The van der Waals surface area contributed by atoms with Crippen molar-refractivity contribution in [2.75, 3.05) is 85.6 Å². The van der Waals surface area contributed by atoms with Crippen LogP contribution >= 0.6 is 0 Å². The van der Waals surface area contributed by atoms with Gasteiger partial charge in [0.25, 0.3) is 11.8 Å². The zero-order valence-corrected chi connectivity index (χ0v) is 35.5. The highest BCUT2D eigenvalue weighted by molar-refractivity contribution is 5.96. The highest BCUT2D eigenvalue weighted by atomic mass is 16.7. The Balaban J connectivity index is 1.09. The number of ether oxygens (including phenoxy) is 5. The predicted molar refractivity (Wildman–Crippen MR) is 233 cm³/mol. The molecular formula is C43H62N10O10. The molecule has 11 N–H and O–H groups in total. The number of benzene rings is 1. The summed E-state index contributed by atoms with van der Waals surface area (Å²) in [6.07, 6.45) is 5.06. The number of aliphatic hydroxyl groups excluding tert-OH is 2. The molecule has 1 aromatic carbocycles. The first-order chi connectivity index (χ1) is 30.5. The van der Waals surface area contributed by atoms with Crippen LogP contribution in [0.15, 0.2) is 91.7 Å². The number of carbonyl (C=O) groups is 3. The first-order valence-corrected chi connectivity index (χ1v) is 20.8. The zero-order chi connectivity index (χ0) is 45.2. The van der Waals surface area contributed by atoms with E-state index in [0.29, 0.717) is 73.9 Å². The highest BCUT2D eigenvalue weighted by Gasteiger charge is 2.29. The smallest absolute Gasteiger partial charge is 0.251 e. The van der Waals surface area contributed by atoms with Gasteiger partial charge >= 0.3 is 0 Å². The maximum Gasteiger partial charge on any atom is 0.251 e. The Labute approximate surface area is 367 Å². The number of nitrogens with zero attached hydrogens (tertiary/aromatic N) is 4. The minimum Gasteiger partial charge on any atom is -0.399 e. The Morgan fingerprint density at radius 1 is 0.857 bits per heavy atom. The third-order valence-electron chi connectivity index (χ3n) is 9.54. The van der Waals surface area contributed by atoms with Gasteiger partial charge in [-0.25, -0.2) is 11.7 Å². The van der Waals surface area contributed by atoms with Crippen LogP contribution in [-0.2, 0) is 28.5 Å². The molecule has 3 heterocycles. The fraction of sp³-hybridized carbons (Fsp3) is 0.465. The van der Waals surface area contributed by atoms with Gasteiger partial charge in [0, 0.05) is 79.9 Å². The Bertz CT molecular complexity index is 1880. The maximum atomic E-state index is 12.9. The first kappa shape index (κ1) is 50.1. The average molecular weight is 879 g/mol. The van der Waals surface area contributed by atoms with Gasteiger partial charge in [-0.05, 0) is 29.8 Å². The third kappa shape index (κ3) is 19.2. The quantitative estimate of drug-likeness (QED) is 0.0261. The molecular weight excluding hydrogens is 817 g/mol. The fourth-order valence-corrected chi connectivity index (χ4v) is 6.11. The number of amides is 3. The number of pyridine rings is 2. The van der Waals surface area contributed by atoms with E-state index in [1.807, 2.05) is 30.3 Å². The lowest BCUT2D eigenvalue weighted by molar-refractivity contribution is -0.223. The summed E-state index contributed by atoms with van der Waals surface area (Å²) in [5, 5.41) is 30.8. The number of aliphatic hydroxyl groups is 2. The summed E-state index contributed by atoms with van der Waals surface area (Å²) in [7, 11) is 0. The molecule has 1 aliphatic rings. The zero-order valence-electron chi connectivity index (χ0n) is 35.5. The van der Waals surface area contributed by atoms with E-state index in [-0.39, 0.29) is 76.9 Å². The second-order valence-electron chi connectivity index (χ2n) is 14.5. The van der Waals surface area contributed by atoms with Gasteiger partial charge in [-0.2, -0.15) is 0 Å². The Kier molecular flexibility index (Phi) is 22.4. The molecule has 0 spiro atoms. The molecule has 1 aliphatic heterocycles. The number of aromatic nitrogens is 2. The normalized spacial score (nSPS) is 16.8. The fourth-order valence-electron chi connectivity index (χ4n) is 6.11. The molecule has 3 aromatic rings. The monoisotopic (exact) mass is 878 g/mol. The highest BCUT2D eigenvalue weighted by Crippen LogP contribution is 2.23. The van der Waals surface area contributed by atoms with Crippen molar-refractivity contribution in [3.05, 3.63) is 108 Å². The molecule has 1 fully saturated rings. The summed E-state index contributed by atoms with van der Waals surface area (Å²) in [6, 6.07) is 15.9. The molecule has 4 unspecified atom stereocenters. The van der Waals surface area contributed by atoms with Crippen LogP contribution in [-0.4, -0.2) is 152 Å². The lowest BCUT2D eigenvalue weighted by Gasteiger charge is -2.33. The van der Waals surface area contributed by atoms with E-state index in [0.717, 1.165) is 5.56 Å². The Hall–Kier alpha value is -5.55. The molecule has 344 valence electrons. The van der Waals surface area contributed by atoms with Crippen LogP contribution in [0.2, 0.25) is 0 Å². The Morgan fingerprint density at radius 2 is 1.49 bits per heavy atom. The molecule has 2 aromatic heterocycles. The predicted octanol–water partition coefficient (Wildman–Crippen LogP) is 0.113. The molecule has 0 saturated carbocycles. The van der Waals surface area contributed by atoms with Gasteiger partial charge in [-0.3, -0.25) is 24.4 Å². The van der Waals surface area contributed by atoms with Crippen molar-refractivity contribution in [1.29, 1.82) is 0 Å². The lowest BCUT2D eigenvalue weighted by Crippen LogP contribution is -2.40. The third-order valence-corrected chi connectivity index (χ3v) is 9.54. The van der Waals surface area contributed by atoms with Gasteiger partial charge in [-0.1, -0.05) is 36.9 Å². The van der Waals surface area contributed by atoms with Crippen molar-refractivity contribution in [1.82, 2.24) is 35.9 Å². The molecule has 63 heavy (non-hydrogen) atoms. The minimum atomic E-state index is -0.645. The number of rotatable bonds is 29. The number of nitrogens with one attached hydrogen (secondary N) is 3. The first-order valence-electron chi connectivity index (χ1n) is 20.8. The molecule has 0 bridgehead atoms. The molecule has 4 rings (SSSR count). The van der Waals surface area contributed by atoms with E-state index in [4.69, 9.17) is 41.1 Å². The van der Waals surface area contributed by atoms with Crippen LogP contribution in [0, 0.1) is 0 Å². The minimum absolute atomic E-state index is 0.0460. The second kappa shape index (κ2) is 28.2. The molecule has 20 heteroatoms. The molecule has 1 saturated heterocycles. The number of carbonyl (C=O) groups excluding carboxylic acids is 3. The summed E-state index contributed by atoms with van der Waals surface area (Å²) in [5.41, 5.74) is 8.83. The molecule has 0 aliphatic carbocycles. The molecule has 3 amide bonds. The van der Waals surface area contributed by atoms with Crippen molar-refractivity contribution < 1.29 is 48.3 Å². The van der Waals surface area contributed by atoms with E-state index in [1.165, 1.54) is 34.8 Å². The van der Waals surface area contributed by atoms with E-state index in [9.17, 15) is 24.6 Å². The van der Waals surface area contributed by atoms with Gasteiger partial charge in [-0.15, -0.1) is 0 Å². The summed E-state index contributed by atoms with van der Waals surface area (Å²) >= 11 is 0. The van der Waals surface area contributed by atoms with Gasteiger partial charge in [0.05, 0.1) is 96.1 Å². The van der Waals surface area contributed by atoms with Crippen molar-refractivity contribution in [2.24, 2.45) is 17.4 Å². The SMILES string of the molecule is C=CN(N)CCOCCN(N)/C=C(\N)CNC(=O)c1ccnc(-c2cc(C(=O)NCCOCCOCCC(=O)NCC(COC3CC(O)CC(CO)O3)c3ccccc3)ccn2)c1. The second-order valence-corrected chi connectivity index (χ2v) is 14.5. The molecule has 0 radical (unpaired) electrons. The van der Waals surface area contributed by atoms with Crippen LogP contribution in [0.4, 0.5) is 0 Å². The van der Waals surface area contributed by atoms with Gasteiger partial charge < -0.3 is 65.6 Å². The van der Waals surface area contributed by atoms with Gasteiger partial charge in [0.2, 0.25) is 5.91 Å². The van der Waals surface area contributed by atoms with Gasteiger partial charge in [0.1, 0.15) is 0 Å². The van der Waals surface area contributed by atoms with Crippen LogP contribution in [0.25, 0.3) is 11.4 Å². The van der Waals surface area contributed by atoms with Crippen LogP contribution < -0.4 is 33.4 Å². The van der Waals surface area contributed by atoms with Crippen LogP contribution in [0.1, 0.15) is 51.5 Å². The van der Waals surface area contributed by atoms with Crippen molar-refractivity contribution in [2.45, 2.75) is 43.7 Å². The van der Waals surface area contributed by atoms with E-state index < -0.39 is 24.4 Å².